The van der Waals surface area contributed by atoms with Gasteiger partial charge in [-0.3, -0.25) is 4.79 Å². The number of carboxylic acid groups (broad SMARTS) is 1. The van der Waals surface area contributed by atoms with Gasteiger partial charge in [0.25, 0.3) is 0 Å². The van der Waals surface area contributed by atoms with E-state index in [1.54, 1.807) is 4.90 Å². The van der Waals surface area contributed by atoms with Crippen LogP contribution in [0, 0.1) is 5.92 Å². The SMILES string of the molecule is CC(C)C(F)=Cn1c(CN2C(=O)C3(CN(C(=O)O)C3)c3ccccc32)nc2c1CCCC2. The van der Waals surface area contributed by atoms with Gasteiger partial charge in [0.2, 0.25) is 5.91 Å². The number of carbonyl (C=O) groups is 2. The zero-order chi connectivity index (χ0) is 22.6. The molecule has 5 rings (SSSR count). The van der Waals surface area contributed by atoms with E-state index in [1.807, 2.05) is 42.7 Å². The number of fused-ring (bicyclic) bond motifs is 3. The number of imidazole rings is 1. The summed E-state index contributed by atoms with van der Waals surface area (Å²) in [4.78, 5) is 32.8. The van der Waals surface area contributed by atoms with Crippen LogP contribution in [0.4, 0.5) is 14.9 Å². The van der Waals surface area contributed by atoms with Crippen LogP contribution in [0.5, 0.6) is 0 Å². The van der Waals surface area contributed by atoms with Gasteiger partial charge < -0.3 is 19.5 Å². The van der Waals surface area contributed by atoms with Gasteiger partial charge in [0.15, 0.2) is 0 Å². The molecule has 168 valence electrons. The number of halogens is 1. The predicted octanol–water partition coefficient (Wildman–Crippen LogP) is 3.96. The second-order valence-corrected chi connectivity index (χ2v) is 9.30. The summed E-state index contributed by atoms with van der Waals surface area (Å²) < 4.78 is 16.5. The fraction of sp³-hybridized carbons (Fsp3) is 0.458. The van der Waals surface area contributed by atoms with Crippen LogP contribution in [0.15, 0.2) is 30.1 Å². The number of nitrogens with zero attached hydrogens (tertiary/aromatic N) is 4. The van der Waals surface area contributed by atoms with Crippen molar-refractivity contribution in [1.82, 2.24) is 14.5 Å². The maximum atomic E-state index is 14.6. The summed E-state index contributed by atoms with van der Waals surface area (Å²) >= 11 is 0. The Labute approximate surface area is 186 Å². The first kappa shape index (κ1) is 20.7. The number of amides is 2. The molecule has 3 heterocycles. The Morgan fingerprint density at radius 3 is 2.69 bits per heavy atom. The number of rotatable bonds is 4. The number of aryl methyl sites for hydroxylation is 1. The molecule has 1 N–H and O–H groups in total. The zero-order valence-electron chi connectivity index (χ0n) is 18.3. The van der Waals surface area contributed by atoms with E-state index in [1.165, 1.54) is 11.1 Å². The van der Waals surface area contributed by atoms with Crippen molar-refractivity contribution in [1.29, 1.82) is 0 Å². The van der Waals surface area contributed by atoms with Crippen molar-refractivity contribution in [3.63, 3.8) is 0 Å². The molecular weight excluding hydrogens is 411 g/mol. The molecule has 0 unspecified atom stereocenters. The fourth-order valence-corrected chi connectivity index (χ4v) is 5.10. The van der Waals surface area contributed by atoms with Crippen molar-refractivity contribution in [2.75, 3.05) is 18.0 Å². The maximum Gasteiger partial charge on any atom is 0.407 e. The van der Waals surface area contributed by atoms with Gasteiger partial charge in [0, 0.05) is 36.6 Å². The monoisotopic (exact) mass is 438 g/mol. The average Bonchev–Trinajstić information content (AvgIpc) is 3.20. The maximum absolute atomic E-state index is 14.6. The number of anilines is 1. The van der Waals surface area contributed by atoms with Crippen molar-refractivity contribution in [2.24, 2.45) is 5.92 Å². The minimum Gasteiger partial charge on any atom is -0.465 e. The quantitative estimate of drug-likeness (QED) is 0.784. The van der Waals surface area contributed by atoms with Gasteiger partial charge in [-0.1, -0.05) is 32.0 Å². The first-order valence-corrected chi connectivity index (χ1v) is 11.2. The highest BCUT2D eigenvalue weighted by Gasteiger charge is 2.59. The minimum atomic E-state index is -1.02. The second-order valence-electron chi connectivity index (χ2n) is 9.30. The molecule has 1 saturated heterocycles. The van der Waals surface area contributed by atoms with E-state index in [0.717, 1.165) is 48.3 Å². The lowest BCUT2D eigenvalue weighted by atomic mass is 9.75. The summed E-state index contributed by atoms with van der Waals surface area (Å²) in [6.45, 7) is 4.15. The van der Waals surface area contributed by atoms with Crippen LogP contribution < -0.4 is 4.90 Å². The standard InChI is InChI=1S/C24H27FN4O3/c1-15(2)17(25)11-28-20-10-6-4-8-18(20)26-21(28)12-29-19-9-5-3-7-16(19)24(22(29)30)13-27(14-24)23(31)32/h3,5,7,9,11,15H,4,6,8,10,12-14H2,1-2H3,(H,31,32). The summed E-state index contributed by atoms with van der Waals surface area (Å²) in [5.74, 6) is 0.0657. The summed E-state index contributed by atoms with van der Waals surface area (Å²) in [5.41, 5.74) is 2.80. The van der Waals surface area contributed by atoms with Crippen LogP contribution >= 0.6 is 0 Å². The predicted molar refractivity (Wildman–Crippen MR) is 118 cm³/mol. The van der Waals surface area contributed by atoms with Gasteiger partial charge in [-0.05, 0) is 37.3 Å². The molecule has 8 heteroatoms. The Balaban J connectivity index is 1.54. The Bertz CT molecular complexity index is 1130. The molecule has 0 saturated carbocycles. The summed E-state index contributed by atoms with van der Waals surface area (Å²) in [6.07, 6.45) is 4.29. The lowest BCUT2D eigenvalue weighted by Crippen LogP contribution is -2.65. The van der Waals surface area contributed by atoms with Gasteiger partial charge >= 0.3 is 6.09 Å². The van der Waals surface area contributed by atoms with Crippen molar-refractivity contribution in [2.45, 2.75) is 51.5 Å². The summed E-state index contributed by atoms with van der Waals surface area (Å²) in [5, 5.41) is 9.32. The number of para-hydroxylation sites is 1. The third-order valence-corrected chi connectivity index (χ3v) is 6.90. The van der Waals surface area contributed by atoms with Crippen LogP contribution in [-0.2, 0) is 29.6 Å². The molecule has 32 heavy (non-hydrogen) atoms. The number of aromatic nitrogens is 2. The highest BCUT2D eigenvalue weighted by Crippen LogP contribution is 2.47. The van der Waals surface area contributed by atoms with E-state index in [4.69, 9.17) is 4.98 Å². The third-order valence-electron chi connectivity index (χ3n) is 6.90. The topological polar surface area (TPSA) is 78.7 Å². The fourth-order valence-electron chi connectivity index (χ4n) is 5.10. The van der Waals surface area contributed by atoms with Crippen molar-refractivity contribution < 1.29 is 19.1 Å². The molecule has 2 aromatic rings. The number of carbonyl (C=O) groups excluding carboxylic acids is 1. The van der Waals surface area contributed by atoms with Crippen molar-refractivity contribution in [3.8, 4) is 0 Å². The van der Waals surface area contributed by atoms with E-state index < -0.39 is 11.5 Å². The molecule has 3 aliphatic rings. The molecule has 2 amide bonds. The Hall–Kier alpha value is -3.16. The Morgan fingerprint density at radius 1 is 1.25 bits per heavy atom. The van der Waals surface area contributed by atoms with Crippen LogP contribution in [-0.4, -0.2) is 44.6 Å². The van der Waals surface area contributed by atoms with E-state index >= 15 is 0 Å². The number of hydrogen-bond acceptors (Lipinski definition) is 3. The first-order valence-electron chi connectivity index (χ1n) is 11.2. The molecule has 1 aromatic heterocycles. The van der Waals surface area contributed by atoms with Gasteiger partial charge in [-0.25, -0.2) is 14.2 Å². The van der Waals surface area contributed by atoms with E-state index in [2.05, 4.69) is 0 Å². The molecule has 1 spiro atoms. The number of hydrogen-bond donors (Lipinski definition) is 1. The molecule has 1 aliphatic carbocycles. The van der Waals surface area contributed by atoms with Gasteiger partial charge in [-0.15, -0.1) is 0 Å². The van der Waals surface area contributed by atoms with Crippen LogP contribution in [0.25, 0.3) is 6.20 Å². The van der Waals surface area contributed by atoms with Crippen molar-refractivity contribution >= 4 is 23.9 Å². The average molecular weight is 439 g/mol. The van der Waals surface area contributed by atoms with Crippen LogP contribution in [0.1, 0.15) is 49.5 Å². The lowest BCUT2D eigenvalue weighted by Gasteiger charge is -2.45. The van der Waals surface area contributed by atoms with Gasteiger partial charge in [0.05, 0.1) is 12.2 Å². The first-order chi connectivity index (χ1) is 15.3. The third kappa shape index (κ3) is 3.04. The molecule has 0 bridgehead atoms. The Kier molecular flexibility index (Phi) is 4.83. The number of likely N-dealkylation sites (tertiary alicyclic amines) is 1. The van der Waals surface area contributed by atoms with Crippen molar-refractivity contribution in [3.05, 3.63) is 52.9 Å². The normalized spacial score (nSPS) is 19.4. The van der Waals surface area contributed by atoms with Gasteiger partial charge in [-0.2, -0.15) is 0 Å². The molecule has 0 atom stereocenters. The zero-order valence-corrected chi connectivity index (χ0v) is 18.3. The van der Waals surface area contributed by atoms with Crippen LogP contribution in [0.2, 0.25) is 0 Å². The molecule has 7 nitrogen and oxygen atoms in total. The highest BCUT2D eigenvalue weighted by atomic mass is 19.1. The second kappa shape index (κ2) is 7.46. The van der Waals surface area contributed by atoms with Gasteiger partial charge in [0.1, 0.15) is 17.1 Å². The number of benzene rings is 1. The molecule has 1 fully saturated rings. The van der Waals surface area contributed by atoms with E-state index in [-0.39, 0.29) is 37.3 Å². The Morgan fingerprint density at radius 2 is 1.97 bits per heavy atom. The lowest BCUT2D eigenvalue weighted by molar-refractivity contribution is -0.128. The summed E-state index contributed by atoms with van der Waals surface area (Å²) in [7, 11) is 0. The van der Waals surface area contributed by atoms with E-state index in [9.17, 15) is 19.1 Å². The molecule has 2 aliphatic heterocycles. The molecular formula is C24H27FN4O3. The molecule has 1 aromatic carbocycles. The smallest absolute Gasteiger partial charge is 0.407 e. The number of allylic oxidation sites excluding steroid dienone is 1. The molecule has 0 radical (unpaired) electrons. The minimum absolute atomic E-state index is 0.114. The summed E-state index contributed by atoms with van der Waals surface area (Å²) in [6, 6.07) is 7.55. The van der Waals surface area contributed by atoms with Crippen LogP contribution in [0.3, 0.4) is 0 Å². The van der Waals surface area contributed by atoms with E-state index in [0.29, 0.717) is 5.82 Å². The largest absolute Gasteiger partial charge is 0.465 e. The highest BCUT2D eigenvalue weighted by molar-refractivity contribution is 6.09.